The van der Waals surface area contributed by atoms with E-state index in [0.29, 0.717) is 10.5 Å². The average molecular weight is 343 g/mol. The second-order valence-electron chi connectivity index (χ2n) is 5.30. The average Bonchev–Trinajstić information content (AvgIpc) is 2.44. The van der Waals surface area contributed by atoms with Crippen LogP contribution in [0.5, 0.6) is 0 Å². The summed E-state index contributed by atoms with van der Waals surface area (Å²) in [6.45, 7) is 3.51. The van der Waals surface area contributed by atoms with E-state index in [1.807, 2.05) is 0 Å². The first-order chi connectivity index (χ1) is 11.1. The Labute approximate surface area is 138 Å². The minimum absolute atomic E-state index is 0.241. The summed E-state index contributed by atoms with van der Waals surface area (Å²) in [5, 5.41) is 2.41. The first-order valence-electron chi connectivity index (χ1n) is 7.21. The van der Waals surface area contributed by atoms with E-state index in [4.69, 9.17) is 5.73 Å². The molecule has 3 N–H and O–H groups in total. The number of nitrogens with zero attached hydrogens (tertiary/aromatic N) is 1. The first-order valence-corrected chi connectivity index (χ1v) is 7.21. The van der Waals surface area contributed by atoms with Crippen molar-refractivity contribution >= 4 is 11.9 Å². The monoisotopic (exact) mass is 343 g/mol. The van der Waals surface area contributed by atoms with Gasteiger partial charge in [-0.25, -0.2) is 4.79 Å². The highest BCUT2D eigenvalue weighted by Crippen LogP contribution is 2.23. The molecule has 0 heterocycles. The molecular weight excluding hydrogens is 323 g/mol. The molecule has 24 heavy (non-hydrogen) atoms. The fourth-order valence-electron chi connectivity index (χ4n) is 2.32. The number of halogens is 3. The predicted molar refractivity (Wildman–Crippen MR) is 84.1 cm³/mol. The highest BCUT2D eigenvalue weighted by atomic mass is 19.4. The van der Waals surface area contributed by atoms with Crippen molar-refractivity contribution in [1.82, 2.24) is 10.2 Å². The van der Waals surface area contributed by atoms with Gasteiger partial charge < -0.3 is 16.0 Å². The third-order valence-electron chi connectivity index (χ3n) is 3.33. The van der Waals surface area contributed by atoms with Gasteiger partial charge in [0.2, 0.25) is 5.91 Å². The summed E-state index contributed by atoms with van der Waals surface area (Å²) >= 11 is 0. The lowest BCUT2D eigenvalue weighted by atomic mass is 9.98. The molecule has 0 aliphatic carbocycles. The molecule has 0 radical (unpaired) electrons. The summed E-state index contributed by atoms with van der Waals surface area (Å²) in [6.07, 6.45) is -3.64. The summed E-state index contributed by atoms with van der Waals surface area (Å²) in [4.78, 5) is 24.1. The number of amides is 3. The summed E-state index contributed by atoms with van der Waals surface area (Å²) in [7, 11) is 0. The summed E-state index contributed by atoms with van der Waals surface area (Å²) < 4.78 is 37.8. The number of nitrogens with one attached hydrogen (secondary N) is 1. The van der Waals surface area contributed by atoms with Gasteiger partial charge >= 0.3 is 12.2 Å². The molecule has 0 aliphatic rings. The first kappa shape index (κ1) is 19.5. The lowest BCUT2D eigenvalue weighted by Crippen LogP contribution is -2.42. The van der Waals surface area contributed by atoms with Crippen LogP contribution in [0.4, 0.5) is 18.0 Å². The standard InChI is InChI=1S/C16H20F3N3O2/c1-3-8-22(10-16(17,18)19)14(23)9-13(21-15(20)24)12-7-5-4-6-11(12)2/h3-7,13H,1,8-10H2,2H3,(H3,20,21,24). The van der Waals surface area contributed by atoms with Crippen LogP contribution in [0.15, 0.2) is 36.9 Å². The Morgan fingerprint density at radius 1 is 1.38 bits per heavy atom. The molecule has 3 amide bonds. The van der Waals surface area contributed by atoms with Gasteiger partial charge in [-0.2, -0.15) is 13.2 Å². The minimum atomic E-state index is -4.52. The van der Waals surface area contributed by atoms with E-state index in [2.05, 4.69) is 11.9 Å². The number of primary amides is 1. The van der Waals surface area contributed by atoms with Gasteiger partial charge in [-0.15, -0.1) is 6.58 Å². The van der Waals surface area contributed by atoms with E-state index >= 15 is 0 Å². The van der Waals surface area contributed by atoms with Gasteiger partial charge in [-0.1, -0.05) is 30.3 Å². The van der Waals surface area contributed by atoms with Crippen molar-refractivity contribution in [2.45, 2.75) is 25.6 Å². The molecule has 1 aromatic rings. The molecule has 0 aromatic heterocycles. The number of carbonyl (C=O) groups is 2. The maximum absolute atomic E-state index is 12.6. The van der Waals surface area contributed by atoms with E-state index in [1.165, 1.54) is 6.08 Å². The van der Waals surface area contributed by atoms with Crippen LogP contribution in [0.2, 0.25) is 0 Å². The number of carbonyl (C=O) groups excluding carboxylic acids is 2. The van der Waals surface area contributed by atoms with Gasteiger partial charge in [0, 0.05) is 6.54 Å². The lowest BCUT2D eigenvalue weighted by Gasteiger charge is -2.26. The maximum Gasteiger partial charge on any atom is 0.406 e. The highest BCUT2D eigenvalue weighted by Gasteiger charge is 2.33. The van der Waals surface area contributed by atoms with Gasteiger partial charge in [0.15, 0.2) is 0 Å². The molecule has 0 saturated carbocycles. The highest BCUT2D eigenvalue weighted by molar-refractivity contribution is 5.79. The second-order valence-corrected chi connectivity index (χ2v) is 5.30. The van der Waals surface area contributed by atoms with Crippen LogP contribution in [0, 0.1) is 6.92 Å². The van der Waals surface area contributed by atoms with Crippen LogP contribution in [-0.2, 0) is 4.79 Å². The fourth-order valence-corrected chi connectivity index (χ4v) is 2.32. The molecule has 0 aliphatic heterocycles. The Hall–Kier alpha value is -2.51. The number of hydrogen-bond acceptors (Lipinski definition) is 2. The SMILES string of the molecule is C=CCN(CC(F)(F)F)C(=O)CC(NC(N)=O)c1ccccc1C. The number of hydrogen-bond donors (Lipinski definition) is 2. The van der Waals surface area contributed by atoms with Crippen LogP contribution < -0.4 is 11.1 Å². The van der Waals surface area contributed by atoms with E-state index in [0.717, 1.165) is 5.56 Å². The Morgan fingerprint density at radius 2 is 2.00 bits per heavy atom. The van der Waals surface area contributed by atoms with Crippen molar-refractivity contribution in [2.24, 2.45) is 5.73 Å². The molecule has 5 nitrogen and oxygen atoms in total. The van der Waals surface area contributed by atoms with Gasteiger partial charge in [-0.05, 0) is 18.1 Å². The molecule has 0 bridgehead atoms. The van der Waals surface area contributed by atoms with Gasteiger partial charge in [0.1, 0.15) is 6.54 Å². The zero-order chi connectivity index (χ0) is 18.3. The Morgan fingerprint density at radius 3 is 2.50 bits per heavy atom. The van der Waals surface area contributed by atoms with Crippen LogP contribution >= 0.6 is 0 Å². The molecular formula is C16H20F3N3O2. The number of urea groups is 1. The molecule has 132 valence electrons. The van der Waals surface area contributed by atoms with E-state index in [-0.39, 0.29) is 13.0 Å². The zero-order valence-corrected chi connectivity index (χ0v) is 13.3. The van der Waals surface area contributed by atoms with Gasteiger partial charge in [0.25, 0.3) is 0 Å². The minimum Gasteiger partial charge on any atom is -0.352 e. The zero-order valence-electron chi connectivity index (χ0n) is 13.3. The van der Waals surface area contributed by atoms with E-state index in [1.54, 1.807) is 31.2 Å². The second kappa shape index (κ2) is 8.37. The van der Waals surface area contributed by atoms with Crippen LogP contribution in [0.1, 0.15) is 23.6 Å². The summed E-state index contributed by atoms with van der Waals surface area (Å²) in [6, 6.07) is 5.27. The van der Waals surface area contributed by atoms with Crippen LogP contribution in [-0.4, -0.2) is 36.1 Å². The molecule has 1 aromatic carbocycles. The van der Waals surface area contributed by atoms with Crippen LogP contribution in [0.3, 0.4) is 0 Å². The van der Waals surface area contributed by atoms with Crippen LogP contribution in [0.25, 0.3) is 0 Å². The van der Waals surface area contributed by atoms with Crippen molar-refractivity contribution in [3.05, 3.63) is 48.0 Å². The molecule has 1 atom stereocenters. The summed E-state index contributed by atoms with van der Waals surface area (Å²) in [5.41, 5.74) is 6.53. The molecule has 0 fully saturated rings. The normalized spacial score (nSPS) is 12.3. The Balaban J connectivity index is 2.99. The Kier molecular flexibility index (Phi) is 6.82. The number of aryl methyl sites for hydroxylation is 1. The van der Waals surface area contributed by atoms with E-state index < -0.39 is 30.7 Å². The topological polar surface area (TPSA) is 75.4 Å². The molecule has 1 rings (SSSR count). The Bertz CT molecular complexity index is 602. The smallest absolute Gasteiger partial charge is 0.352 e. The van der Waals surface area contributed by atoms with Crippen molar-refractivity contribution in [1.29, 1.82) is 0 Å². The number of rotatable bonds is 7. The van der Waals surface area contributed by atoms with Gasteiger partial charge in [0.05, 0.1) is 12.5 Å². The fraction of sp³-hybridized carbons (Fsp3) is 0.375. The third-order valence-corrected chi connectivity index (χ3v) is 3.33. The van der Waals surface area contributed by atoms with Crippen molar-refractivity contribution in [3.63, 3.8) is 0 Å². The van der Waals surface area contributed by atoms with Gasteiger partial charge in [-0.3, -0.25) is 4.79 Å². The van der Waals surface area contributed by atoms with Crippen molar-refractivity contribution in [2.75, 3.05) is 13.1 Å². The number of alkyl halides is 3. The van der Waals surface area contributed by atoms with Crippen molar-refractivity contribution in [3.8, 4) is 0 Å². The predicted octanol–water partition coefficient (Wildman–Crippen LogP) is 2.67. The molecule has 8 heteroatoms. The van der Waals surface area contributed by atoms with E-state index in [9.17, 15) is 22.8 Å². The molecule has 0 saturated heterocycles. The largest absolute Gasteiger partial charge is 0.406 e. The summed E-state index contributed by atoms with van der Waals surface area (Å²) in [5.74, 6) is -0.755. The molecule has 0 spiro atoms. The van der Waals surface area contributed by atoms with Crippen molar-refractivity contribution < 1.29 is 22.8 Å². The molecule has 1 unspecified atom stereocenters. The number of nitrogens with two attached hydrogens (primary N) is 1. The quantitative estimate of drug-likeness (QED) is 0.747. The maximum atomic E-state index is 12.6. The third kappa shape index (κ3) is 6.31. The lowest BCUT2D eigenvalue weighted by molar-refractivity contribution is -0.160. The number of benzene rings is 1.